The van der Waals surface area contributed by atoms with E-state index in [9.17, 15) is 0 Å². The summed E-state index contributed by atoms with van der Waals surface area (Å²) in [6, 6.07) is 11.6. The minimum Gasteiger partial charge on any atom is -0.307 e. The molecule has 0 radical (unpaired) electrons. The van der Waals surface area contributed by atoms with Crippen molar-refractivity contribution >= 4 is 22.5 Å². The van der Waals surface area contributed by atoms with Crippen LogP contribution in [0.2, 0.25) is 5.02 Å². The van der Waals surface area contributed by atoms with Crippen molar-refractivity contribution in [1.29, 1.82) is 0 Å². The first-order chi connectivity index (χ1) is 9.84. The molecule has 100 valence electrons. The van der Waals surface area contributed by atoms with Crippen LogP contribution >= 0.6 is 11.6 Å². The van der Waals surface area contributed by atoms with Gasteiger partial charge in [-0.2, -0.15) is 10.2 Å². The topological polar surface area (TPSA) is 50.7 Å². The SMILES string of the molecule is Clc1ccc(CNCc2cccnn2)c2ncccc12. The Morgan fingerprint density at radius 1 is 1.00 bits per heavy atom. The third-order valence-corrected chi connectivity index (χ3v) is 3.38. The number of rotatable bonds is 4. The van der Waals surface area contributed by atoms with Crippen LogP contribution in [0.4, 0.5) is 0 Å². The first-order valence-electron chi connectivity index (χ1n) is 6.34. The number of nitrogens with one attached hydrogen (secondary N) is 1. The van der Waals surface area contributed by atoms with Gasteiger partial charge in [-0.1, -0.05) is 17.7 Å². The highest BCUT2D eigenvalue weighted by Gasteiger charge is 2.05. The van der Waals surface area contributed by atoms with Crippen LogP contribution in [0.3, 0.4) is 0 Å². The van der Waals surface area contributed by atoms with E-state index in [4.69, 9.17) is 11.6 Å². The monoisotopic (exact) mass is 284 g/mol. The van der Waals surface area contributed by atoms with Crippen molar-refractivity contribution in [1.82, 2.24) is 20.5 Å². The van der Waals surface area contributed by atoms with Crippen molar-refractivity contribution < 1.29 is 0 Å². The number of nitrogens with zero attached hydrogens (tertiary/aromatic N) is 3. The molecule has 0 aliphatic heterocycles. The molecule has 2 heterocycles. The maximum Gasteiger partial charge on any atom is 0.0769 e. The zero-order valence-electron chi connectivity index (χ0n) is 10.8. The molecule has 3 aromatic rings. The fraction of sp³-hybridized carbons (Fsp3) is 0.133. The molecule has 2 aromatic heterocycles. The predicted octanol–water partition coefficient (Wildman–Crippen LogP) is 2.97. The van der Waals surface area contributed by atoms with Crippen molar-refractivity contribution in [3.05, 3.63) is 65.1 Å². The minimum atomic E-state index is 0.671. The van der Waals surface area contributed by atoms with Crippen LogP contribution in [0.25, 0.3) is 10.9 Å². The smallest absolute Gasteiger partial charge is 0.0769 e. The number of aromatic nitrogens is 3. The Labute approximate surface area is 121 Å². The summed E-state index contributed by atoms with van der Waals surface area (Å²) in [5.74, 6) is 0. The van der Waals surface area contributed by atoms with Crippen LogP contribution in [0.5, 0.6) is 0 Å². The van der Waals surface area contributed by atoms with Crippen LogP contribution in [0.1, 0.15) is 11.3 Å². The van der Waals surface area contributed by atoms with E-state index in [-0.39, 0.29) is 0 Å². The highest BCUT2D eigenvalue weighted by atomic mass is 35.5. The number of hydrogen-bond acceptors (Lipinski definition) is 4. The van der Waals surface area contributed by atoms with Crippen molar-refractivity contribution in [3.63, 3.8) is 0 Å². The largest absolute Gasteiger partial charge is 0.307 e. The summed E-state index contributed by atoms with van der Waals surface area (Å²) in [5.41, 5.74) is 2.97. The van der Waals surface area contributed by atoms with E-state index in [1.807, 2.05) is 36.4 Å². The summed E-state index contributed by atoms with van der Waals surface area (Å²) in [4.78, 5) is 4.42. The second-order valence-corrected chi connectivity index (χ2v) is 4.83. The quantitative estimate of drug-likeness (QED) is 0.800. The van der Waals surface area contributed by atoms with Gasteiger partial charge in [-0.3, -0.25) is 4.98 Å². The Morgan fingerprint density at radius 3 is 2.75 bits per heavy atom. The Hall–Kier alpha value is -2.04. The summed E-state index contributed by atoms with van der Waals surface area (Å²) < 4.78 is 0. The summed E-state index contributed by atoms with van der Waals surface area (Å²) >= 11 is 6.18. The normalized spacial score (nSPS) is 10.8. The molecule has 0 atom stereocenters. The number of fused-ring (bicyclic) bond motifs is 1. The molecule has 0 aliphatic carbocycles. The fourth-order valence-electron chi connectivity index (χ4n) is 2.09. The van der Waals surface area contributed by atoms with E-state index in [0.29, 0.717) is 13.1 Å². The molecule has 0 saturated carbocycles. The second-order valence-electron chi connectivity index (χ2n) is 4.42. The fourth-order valence-corrected chi connectivity index (χ4v) is 2.31. The summed E-state index contributed by atoms with van der Waals surface area (Å²) in [5, 5.41) is 12.9. The minimum absolute atomic E-state index is 0.671. The van der Waals surface area contributed by atoms with Crippen molar-refractivity contribution in [2.24, 2.45) is 0 Å². The second kappa shape index (κ2) is 5.94. The van der Waals surface area contributed by atoms with Gasteiger partial charge in [0.05, 0.1) is 11.2 Å². The lowest BCUT2D eigenvalue weighted by Crippen LogP contribution is -2.14. The van der Waals surface area contributed by atoms with Crippen LogP contribution < -0.4 is 5.32 Å². The molecule has 0 amide bonds. The predicted molar refractivity (Wildman–Crippen MR) is 79.3 cm³/mol. The van der Waals surface area contributed by atoms with Gasteiger partial charge in [0, 0.05) is 35.9 Å². The average molecular weight is 285 g/mol. The summed E-state index contributed by atoms with van der Waals surface area (Å²) in [6.07, 6.45) is 3.45. The summed E-state index contributed by atoms with van der Waals surface area (Å²) in [7, 11) is 0. The summed E-state index contributed by atoms with van der Waals surface area (Å²) in [6.45, 7) is 1.38. The zero-order chi connectivity index (χ0) is 13.8. The molecule has 20 heavy (non-hydrogen) atoms. The van der Waals surface area contributed by atoms with E-state index >= 15 is 0 Å². The van der Waals surface area contributed by atoms with Gasteiger partial charge in [0.1, 0.15) is 0 Å². The van der Waals surface area contributed by atoms with Gasteiger partial charge in [0.2, 0.25) is 0 Å². The molecule has 0 aliphatic rings. The van der Waals surface area contributed by atoms with Crippen molar-refractivity contribution in [3.8, 4) is 0 Å². The van der Waals surface area contributed by atoms with Gasteiger partial charge < -0.3 is 5.32 Å². The number of benzene rings is 1. The van der Waals surface area contributed by atoms with Crippen LogP contribution in [0, 0.1) is 0 Å². The molecule has 0 bridgehead atoms. The van der Waals surface area contributed by atoms with Gasteiger partial charge in [-0.15, -0.1) is 0 Å². The standard InChI is InChI=1S/C15H13ClN4/c16-14-6-5-11(15-13(14)4-2-7-18-15)9-17-10-12-3-1-8-19-20-12/h1-8,17H,9-10H2. The third kappa shape index (κ3) is 2.76. The molecule has 0 saturated heterocycles. The van der Waals surface area contributed by atoms with Gasteiger partial charge >= 0.3 is 0 Å². The molecule has 4 nitrogen and oxygen atoms in total. The van der Waals surface area contributed by atoms with Crippen LogP contribution in [0.15, 0.2) is 48.8 Å². The molecular weight excluding hydrogens is 272 g/mol. The maximum absolute atomic E-state index is 6.18. The first kappa shape index (κ1) is 13.0. The number of pyridine rings is 1. The maximum atomic E-state index is 6.18. The molecular formula is C15H13ClN4. The Kier molecular flexibility index (Phi) is 3.85. The molecule has 0 unspecified atom stereocenters. The Balaban J connectivity index is 1.77. The van der Waals surface area contributed by atoms with Gasteiger partial charge in [0.25, 0.3) is 0 Å². The Bertz CT molecular complexity index is 715. The lowest BCUT2D eigenvalue weighted by Gasteiger charge is -2.08. The van der Waals surface area contributed by atoms with E-state index < -0.39 is 0 Å². The van der Waals surface area contributed by atoms with Crippen LogP contribution in [-0.2, 0) is 13.1 Å². The van der Waals surface area contributed by atoms with Gasteiger partial charge in [0.15, 0.2) is 0 Å². The molecule has 0 spiro atoms. The number of halogens is 1. The van der Waals surface area contributed by atoms with Crippen molar-refractivity contribution in [2.75, 3.05) is 0 Å². The molecule has 5 heteroatoms. The molecule has 1 aromatic carbocycles. The lowest BCUT2D eigenvalue weighted by molar-refractivity contribution is 0.672. The van der Waals surface area contributed by atoms with E-state index in [1.54, 1.807) is 12.4 Å². The zero-order valence-corrected chi connectivity index (χ0v) is 11.5. The van der Waals surface area contributed by atoms with E-state index in [1.165, 1.54) is 0 Å². The molecule has 0 fully saturated rings. The molecule has 3 rings (SSSR count). The Morgan fingerprint density at radius 2 is 1.90 bits per heavy atom. The first-order valence-corrected chi connectivity index (χ1v) is 6.72. The van der Waals surface area contributed by atoms with Gasteiger partial charge in [-0.25, -0.2) is 0 Å². The highest BCUT2D eigenvalue weighted by molar-refractivity contribution is 6.35. The molecule has 1 N–H and O–H groups in total. The van der Waals surface area contributed by atoms with E-state index in [0.717, 1.165) is 27.2 Å². The van der Waals surface area contributed by atoms with Gasteiger partial charge in [-0.05, 0) is 35.9 Å². The lowest BCUT2D eigenvalue weighted by atomic mass is 10.1. The third-order valence-electron chi connectivity index (χ3n) is 3.05. The number of hydrogen-bond donors (Lipinski definition) is 1. The van der Waals surface area contributed by atoms with Crippen molar-refractivity contribution in [2.45, 2.75) is 13.1 Å². The highest BCUT2D eigenvalue weighted by Crippen LogP contribution is 2.24. The van der Waals surface area contributed by atoms with E-state index in [2.05, 4.69) is 20.5 Å². The van der Waals surface area contributed by atoms with Crippen LogP contribution in [-0.4, -0.2) is 15.2 Å². The average Bonchev–Trinajstić information content (AvgIpc) is 2.51.